The zero-order valence-corrected chi connectivity index (χ0v) is 21.8. The molecule has 3 aliphatic rings. The molecular weight excluding hydrogens is 364 g/mol. The van der Waals surface area contributed by atoms with Gasteiger partial charge in [-0.25, -0.2) is 0 Å². The molecule has 3 fully saturated rings. The lowest BCUT2D eigenvalue weighted by Crippen LogP contribution is -2.57. The van der Waals surface area contributed by atoms with E-state index in [2.05, 4.69) is 66.0 Å². The molecule has 2 N–H and O–H groups in total. The average Bonchev–Trinajstić information content (AvgIpc) is 2.53. The highest BCUT2D eigenvalue weighted by Crippen LogP contribution is 2.41. The van der Waals surface area contributed by atoms with Crippen molar-refractivity contribution < 1.29 is 0 Å². The van der Waals surface area contributed by atoms with Crippen LogP contribution in [0.4, 0.5) is 0 Å². The Morgan fingerprint density at radius 1 is 0.433 bits per heavy atom. The van der Waals surface area contributed by atoms with Crippen molar-refractivity contribution >= 4 is 0 Å². The Morgan fingerprint density at radius 2 is 0.667 bits per heavy atom. The quantitative estimate of drug-likeness (QED) is 0.467. The van der Waals surface area contributed by atoms with Gasteiger partial charge in [-0.3, -0.25) is 0 Å². The first-order valence-corrected chi connectivity index (χ1v) is 13.3. The maximum atomic E-state index is 3.85. The van der Waals surface area contributed by atoms with E-state index in [-0.39, 0.29) is 0 Å². The normalized spacial score (nSPS) is 34.0. The largest absolute Gasteiger partial charge is 0.307 e. The second-order valence-corrected chi connectivity index (χ2v) is 14.4. The highest BCUT2D eigenvalue weighted by atomic mass is 15.1. The highest BCUT2D eigenvalue weighted by molar-refractivity contribution is 4.98. The minimum Gasteiger partial charge on any atom is -0.307 e. The second-order valence-electron chi connectivity index (χ2n) is 14.4. The standard InChI is InChI=1S/C28H54N2/c1-25(2)17-23(18-26(3,4)29-25)15-13-21-9-11-22(12-10-21)14-16-24-19-27(5,6)30-28(7,8)20-24/h21-24,29-30H,9-20H2,1-8H3. The Kier molecular flexibility index (Phi) is 7.41. The van der Waals surface area contributed by atoms with Gasteiger partial charge < -0.3 is 10.6 Å². The van der Waals surface area contributed by atoms with Crippen molar-refractivity contribution in [1.82, 2.24) is 10.6 Å². The molecule has 0 spiro atoms. The molecule has 2 heterocycles. The Bertz CT molecular complexity index is 469. The summed E-state index contributed by atoms with van der Waals surface area (Å²) >= 11 is 0. The lowest BCUT2D eigenvalue weighted by molar-refractivity contribution is 0.110. The summed E-state index contributed by atoms with van der Waals surface area (Å²) in [6, 6.07) is 0. The maximum absolute atomic E-state index is 3.85. The van der Waals surface area contributed by atoms with Gasteiger partial charge in [-0.1, -0.05) is 51.4 Å². The molecule has 0 aromatic heterocycles. The zero-order valence-electron chi connectivity index (χ0n) is 21.8. The summed E-state index contributed by atoms with van der Waals surface area (Å²) in [5.74, 6) is 3.86. The molecule has 2 saturated heterocycles. The zero-order chi connectivity index (χ0) is 22.2. The third-order valence-electron chi connectivity index (χ3n) is 8.48. The fraction of sp³-hybridized carbons (Fsp3) is 1.00. The fourth-order valence-corrected chi connectivity index (χ4v) is 8.23. The van der Waals surface area contributed by atoms with Crippen molar-refractivity contribution in [3.05, 3.63) is 0 Å². The molecule has 2 aliphatic heterocycles. The minimum atomic E-state index is 0.307. The van der Waals surface area contributed by atoms with E-state index < -0.39 is 0 Å². The third kappa shape index (κ3) is 7.51. The molecule has 2 nitrogen and oxygen atoms in total. The molecule has 0 bridgehead atoms. The number of nitrogens with one attached hydrogen (secondary N) is 2. The first kappa shape index (κ1) is 24.6. The summed E-state index contributed by atoms with van der Waals surface area (Å²) in [5.41, 5.74) is 1.23. The van der Waals surface area contributed by atoms with Crippen molar-refractivity contribution in [2.24, 2.45) is 23.7 Å². The van der Waals surface area contributed by atoms with E-state index in [1.165, 1.54) is 77.0 Å². The van der Waals surface area contributed by atoms with Gasteiger partial charge in [-0.15, -0.1) is 0 Å². The molecule has 30 heavy (non-hydrogen) atoms. The van der Waals surface area contributed by atoms with Crippen LogP contribution in [0.3, 0.4) is 0 Å². The summed E-state index contributed by atoms with van der Waals surface area (Å²) in [4.78, 5) is 0. The molecule has 0 atom stereocenters. The second kappa shape index (κ2) is 9.05. The average molecular weight is 419 g/mol. The molecule has 2 heteroatoms. The molecule has 3 rings (SSSR count). The van der Waals surface area contributed by atoms with Gasteiger partial charge in [0.05, 0.1) is 0 Å². The fourth-order valence-electron chi connectivity index (χ4n) is 8.23. The van der Waals surface area contributed by atoms with E-state index in [4.69, 9.17) is 0 Å². The minimum absolute atomic E-state index is 0.307. The monoisotopic (exact) mass is 418 g/mol. The van der Waals surface area contributed by atoms with Gasteiger partial charge in [0.2, 0.25) is 0 Å². The summed E-state index contributed by atoms with van der Waals surface area (Å²) in [6.07, 6.45) is 17.3. The van der Waals surface area contributed by atoms with Crippen LogP contribution in [0.15, 0.2) is 0 Å². The predicted molar refractivity (Wildman–Crippen MR) is 132 cm³/mol. The molecule has 0 aromatic rings. The van der Waals surface area contributed by atoms with Gasteiger partial charge >= 0.3 is 0 Å². The van der Waals surface area contributed by atoms with Gasteiger partial charge in [0.1, 0.15) is 0 Å². The molecule has 0 amide bonds. The third-order valence-corrected chi connectivity index (χ3v) is 8.48. The van der Waals surface area contributed by atoms with E-state index in [9.17, 15) is 0 Å². The Balaban J connectivity index is 1.36. The summed E-state index contributed by atoms with van der Waals surface area (Å²) in [5, 5.41) is 7.71. The van der Waals surface area contributed by atoms with Gasteiger partial charge in [0.25, 0.3) is 0 Å². The summed E-state index contributed by atoms with van der Waals surface area (Å²) in [7, 11) is 0. The van der Waals surface area contributed by atoms with Crippen molar-refractivity contribution in [3.8, 4) is 0 Å². The van der Waals surface area contributed by atoms with Crippen LogP contribution in [0.5, 0.6) is 0 Å². The van der Waals surface area contributed by atoms with Crippen LogP contribution in [0.2, 0.25) is 0 Å². The Labute approximate surface area is 189 Å². The van der Waals surface area contributed by atoms with Crippen molar-refractivity contribution in [2.75, 3.05) is 0 Å². The molecule has 176 valence electrons. The number of rotatable bonds is 6. The van der Waals surface area contributed by atoms with Gasteiger partial charge in [0, 0.05) is 22.2 Å². The van der Waals surface area contributed by atoms with Crippen LogP contribution in [-0.4, -0.2) is 22.2 Å². The Hall–Kier alpha value is -0.0800. The van der Waals surface area contributed by atoms with E-state index in [1.54, 1.807) is 0 Å². The molecular formula is C28H54N2. The molecule has 0 radical (unpaired) electrons. The van der Waals surface area contributed by atoms with Gasteiger partial charge in [-0.05, 0) is 105 Å². The lowest BCUT2D eigenvalue weighted by Gasteiger charge is -2.47. The van der Waals surface area contributed by atoms with Crippen molar-refractivity contribution in [2.45, 2.75) is 155 Å². The molecule has 1 saturated carbocycles. The SMILES string of the molecule is CC1(C)CC(CCC2CCC(CCC3CC(C)(C)NC(C)(C)C3)CC2)CC(C)(C)N1. The lowest BCUT2D eigenvalue weighted by atomic mass is 9.70. The topological polar surface area (TPSA) is 24.1 Å². The summed E-state index contributed by atoms with van der Waals surface area (Å²) in [6.45, 7) is 19.2. The van der Waals surface area contributed by atoms with Crippen LogP contribution in [0.1, 0.15) is 132 Å². The van der Waals surface area contributed by atoms with Crippen molar-refractivity contribution in [3.63, 3.8) is 0 Å². The summed E-state index contributed by atoms with van der Waals surface area (Å²) < 4.78 is 0. The van der Waals surface area contributed by atoms with Crippen molar-refractivity contribution in [1.29, 1.82) is 0 Å². The molecule has 1 aliphatic carbocycles. The van der Waals surface area contributed by atoms with Gasteiger partial charge in [-0.2, -0.15) is 0 Å². The number of hydrogen-bond donors (Lipinski definition) is 2. The van der Waals surface area contributed by atoms with Crippen LogP contribution in [-0.2, 0) is 0 Å². The van der Waals surface area contributed by atoms with Crippen LogP contribution >= 0.6 is 0 Å². The first-order chi connectivity index (χ1) is 13.7. The molecule has 0 unspecified atom stereocenters. The van der Waals surface area contributed by atoms with Crippen LogP contribution in [0, 0.1) is 23.7 Å². The maximum Gasteiger partial charge on any atom is 0.0132 e. The Morgan fingerprint density at radius 3 is 0.933 bits per heavy atom. The predicted octanol–water partition coefficient (Wildman–Crippen LogP) is 7.47. The molecule has 0 aromatic carbocycles. The first-order valence-electron chi connectivity index (χ1n) is 13.3. The van der Waals surface area contributed by atoms with Gasteiger partial charge in [0.15, 0.2) is 0 Å². The number of hydrogen-bond acceptors (Lipinski definition) is 2. The van der Waals surface area contributed by atoms with Crippen LogP contribution < -0.4 is 10.6 Å². The number of piperidine rings is 2. The van der Waals surface area contributed by atoms with Crippen LogP contribution in [0.25, 0.3) is 0 Å². The van der Waals surface area contributed by atoms with E-state index in [0.29, 0.717) is 22.2 Å². The van der Waals surface area contributed by atoms with E-state index >= 15 is 0 Å². The van der Waals surface area contributed by atoms with E-state index in [1.807, 2.05) is 0 Å². The van der Waals surface area contributed by atoms with E-state index in [0.717, 1.165) is 23.7 Å². The smallest absolute Gasteiger partial charge is 0.0132 e. The highest BCUT2D eigenvalue weighted by Gasteiger charge is 2.39.